The molecule has 0 spiro atoms. The van der Waals surface area contributed by atoms with Crippen molar-refractivity contribution in [3.8, 4) is 0 Å². The lowest BCUT2D eigenvalue weighted by Crippen LogP contribution is -2.08. The minimum absolute atomic E-state index is 0.0201. The molecule has 21 heavy (non-hydrogen) atoms. The molecule has 1 N–H and O–H groups in total. The topological polar surface area (TPSA) is 42.2 Å². The normalized spacial score (nSPS) is 12.6. The number of benzene rings is 1. The largest absolute Gasteiger partial charge is 0.346 e. The van der Waals surface area contributed by atoms with Crippen LogP contribution in [0, 0.1) is 6.92 Å². The molecule has 0 saturated heterocycles. The minimum atomic E-state index is -0.0201. The molecule has 0 bridgehead atoms. The molecule has 1 unspecified atom stereocenters. The highest BCUT2D eigenvalue weighted by molar-refractivity contribution is 6.35. The van der Waals surface area contributed by atoms with Gasteiger partial charge in [0.25, 0.3) is 0 Å². The number of anilines is 1. The van der Waals surface area contributed by atoms with Crippen LogP contribution in [0.3, 0.4) is 0 Å². The van der Waals surface area contributed by atoms with E-state index in [4.69, 9.17) is 23.2 Å². The maximum Gasteiger partial charge on any atom is 0.243 e. The summed E-state index contributed by atoms with van der Waals surface area (Å²) in [4.78, 5) is 4.46. The van der Waals surface area contributed by atoms with Gasteiger partial charge in [0.2, 0.25) is 5.95 Å². The molecule has 6 heteroatoms. The fourth-order valence-corrected chi connectivity index (χ4v) is 2.74. The SMILES string of the molecule is Cc1ccn2nc(NC(C)c3ccc(Cl)cc3Cl)nc2c1. The Bertz CT molecular complexity index is 797. The molecular formula is C15H14Cl2N4. The first kappa shape index (κ1) is 14.2. The van der Waals surface area contributed by atoms with E-state index in [1.807, 2.05) is 44.3 Å². The number of aromatic nitrogens is 3. The van der Waals surface area contributed by atoms with Gasteiger partial charge in [0, 0.05) is 16.2 Å². The van der Waals surface area contributed by atoms with Gasteiger partial charge in [-0.25, -0.2) is 4.52 Å². The van der Waals surface area contributed by atoms with Crippen LogP contribution < -0.4 is 5.32 Å². The Morgan fingerprint density at radius 1 is 1.19 bits per heavy atom. The molecule has 1 atom stereocenters. The van der Waals surface area contributed by atoms with Crippen molar-refractivity contribution < 1.29 is 0 Å². The predicted octanol–water partition coefficient (Wildman–Crippen LogP) is 4.52. The number of rotatable bonds is 3. The summed E-state index contributed by atoms with van der Waals surface area (Å²) in [7, 11) is 0. The van der Waals surface area contributed by atoms with Gasteiger partial charge >= 0.3 is 0 Å². The van der Waals surface area contributed by atoms with Crippen molar-refractivity contribution in [3.63, 3.8) is 0 Å². The lowest BCUT2D eigenvalue weighted by Gasteiger charge is -2.14. The van der Waals surface area contributed by atoms with Crippen molar-refractivity contribution in [2.75, 3.05) is 5.32 Å². The summed E-state index contributed by atoms with van der Waals surface area (Å²) < 4.78 is 1.74. The monoisotopic (exact) mass is 320 g/mol. The van der Waals surface area contributed by atoms with Crippen LogP contribution in [-0.2, 0) is 0 Å². The van der Waals surface area contributed by atoms with E-state index < -0.39 is 0 Å². The van der Waals surface area contributed by atoms with Gasteiger partial charge in [0.1, 0.15) is 0 Å². The van der Waals surface area contributed by atoms with E-state index in [1.54, 1.807) is 10.6 Å². The van der Waals surface area contributed by atoms with Gasteiger partial charge in [-0.3, -0.25) is 0 Å². The van der Waals surface area contributed by atoms with Crippen LogP contribution in [0.25, 0.3) is 5.65 Å². The van der Waals surface area contributed by atoms with E-state index in [-0.39, 0.29) is 6.04 Å². The third-order valence-electron chi connectivity index (χ3n) is 3.27. The van der Waals surface area contributed by atoms with Crippen molar-refractivity contribution in [2.24, 2.45) is 0 Å². The van der Waals surface area contributed by atoms with Crippen LogP contribution in [0.2, 0.25) is 10.0 Å². The number of fused-ring (bicyclic) bond motifs is 1. The van der Waals surface area contributed by atoms with E-state index in [2.05, 4.69) is 15.4 Å². The molecule has 4 nitrogen and oxygen atoms in total. The van der Waals surface area contributed by atoms with Crippen LogP contribution in [0.1, 0.15) is 24.1 Å². The molecule has 0 aliphatic rings. The molecule has 0 amide bonds. The van der Waals surface area contributed by atoms with Crippen LogP contribution in [-0.4, -0.2) is 14.6 Å². The third kappa shape index (κ3) is 2.96. The van der Waals surface area contributed by atoms with Crippen molar-refractivity contribution in [1.29, 1.82) is 0 Å². The van der Waals surface area contributed by atoms with Crippen molar-refractivity contribution >= 4 is 34.8 Å². The molecule has 1 aromatic carbocycles. The quantitative estimate of drug-likeness (QED) is 0.771. The van der Waals surface area contributed by atoms with Crippen LogP contribution >= 0.6 is 23.2 Å². The first-order valence-electron chi connectivity index (χ1n) is 6.57. The molecule has 0 aliphatic carbocycles. The molecule has 108 valence electrons. The lowest BCUT2D eigenvalue weighted by molar-refractivity contribution is 0.853. The highest BCUT2D eigenvalue weighted by Gasteiger charge is 2.12. The Hall–Kier alpha value is -1.78. The van der Waals surface area contributed by atoms with Crippen LogP contribution in [0.15, 0.2) is 36.5 Å². The highest BCUT2D eigenvalue weighted by atomic mass is 35.5. The fraction of sp³-hybridized carbons (Fsp3) is 0.200. The van der Waals surface area contributed by atoms with E-state index in [0.717, 1.165) is 16.8 Å². The Morgan fingerprint density at radius 2 is 2.00 bits per heavy atom. The number of nitrogens with one attached hydrogen (secondary N) is 1. The van der Waals surface area contributed by atoms with Gasteiger partial charge in [-0.05, 0) is 49.2 Å². The Labute approximate surface area is 132 Å². The Kier molecular flexibility index (Phi) is 3.74. The molecule has 3 rings (SSSR count). The van der Waals surface area contributed by atoms with E-state index in [9.17, 15) is 0 Å². The summed E-state index contributed by atoms with van der Waals surface area (Å²) in [6.45, 7) is 4.03. The number of hydrogen-bond acceptors (Lipinski definition) is 3. The second-order valence-corrected chi connectivity index (χ2v) is 5.82. The maximum absolute atomic E-state index is 6.22. The number of hydrogen-bond donors (Lipinski definition) is 1. The first-order valence-corrected chi connectivity index (χ1v) is 7.33. The first-order chi connectivity index (χ1) is 10.0. The smallest absolute Gasteiger partial charge is 0.243 e. The van der Waals surface area contributed by atoms with Gasteiger partial charge in [-0.1, -0.05) is 29.3 Å². The summed E-state index contributed by atoms with van der Waals surface area (Å²) in [6, 6.07) is 9.41. The predicted molar refractivity (Wildman–Crippen MR) is 86.2 cm³/mol. The van der Waals surface area contributed by atoms with Crippen LogP contribution in [0.5, 0.6) is 0 Å². The summed E-state index contributed by atoms with van der Waals surface area (Å²) >= 11 is 12.1. The summed E-state index contributed by atoms with van der Waals surface area (Å²) in [5.74, 6) is 0.569. The molecule has 0 aliphatic heterocycles. The number of aryl methyl sites for hydroxylation is 1. The molecular weight excluding hydrogens is 307 g/mol. The minimum Gasteiger partial charge on any atom is -0.346 e. The second kappa shape index (κ2) is 5.54. The van der Waals surface area contributed by atoms with Gasteiger partial charge in [0.05, 0.1) is 6.04 Å². The standard InChI is InChI=1S/C15H14Cl2N4/c1-9-5-6-21-14(7-9)19-15(20-21)18-10(2)12-4-3-11(16)8-13(12)17/h3-8,10H,1-2H3,(H,18,20). The van der Waals surface area contributed by atoms with Gasteiger partial charge in [0.15, 0.2) is 5.65 Å². The van der Waals surface area contributed by atoms with Crippen molar-refractivity contribution in [3.05, 3.63) is 57.7 Å². The van der Waals surface area contributed by atoms with E-state index in [0.29, 0.717) is 16.0 Å². The van der Waals surface area contributed by atoms with Crippen molar-refractivity contribution in [1.82, 2.24) is 14.6 Å². The molecule has 2 heterocycles. The summed E-state index contributed by atoms with van der Waals surface area (Å²) in [5, 5.41) is 8.90. The van der Waals surface area contributed by atoms with Gasteiger partial charge in [-0.2, -0.15) is 4.98 Å². The molecule has 0 fully saturated rings. The zero-order chi connectivity index (χ0) is 15.0. The van der Waals surface area contributed by atoms with Crippen molar-refractivity contribution in [2.45, 2.75) is 19.9 Å². The third-order valence-corrected chi connectivity index (χ3v) is 3.83. The molecule has 2 aromatic heterocycles. The summed E-state index contributed by atoms with van der Waals surface area (Å²) in [5.41, 5.74) is 2.92. The average Bonchev–Trinajstić information content (AvgIpc) is 2.79. The highest BCUT2D eigenvalue weighted by Crippen LogP contribution is 2.27. The fourth-order valence-electron chi connectivity index (χ4n) is 2.17. The Morgan fingerprint density at radius 3 is 2.76 bits per heavy atom. The zero-order valence-corrected chi connectivity index (χ0v) is 13.2. The number of nitrogens with zero attached hydrogens (tertiary/aromatic N) is 3. The van der Waals surface area contributed by atoms with Gasteiger partial charge in [-0.15, -0.1) is 5.10 Å². The van der Waals surface area contributed by atoms with E-state index >= 15 is 0 Å². The Balaban J connectivity index is 1.87. The lowest BCUT2D eigenvalue weighted by atomic mass is 10.1. The molecule has 0 saturated carbocycles. The number of halogens is 2. The zero-order valence-electron chi connectivity index (χ0n) is 11.6. The van der Waals surface area contributed by atoms with E-state index in [1.165, 1.54) is 0 Å². The molecule has 0 radical (unpaired) electrons. The maximum atomic E-state index is 6.22. The van der Waals surface area contributed by atoms with Gasteiger partial charge < -0.3 is 5.32 Å². The number of pyridine rings is 1. The molecule has 3 aromatic rings. The second-order valence-electron chi connectivity index (χ2n) is 4.97. The summed E-state index contributed by atoms with van der Waals surface area (Å²) in [6.07, 6.45) is 1.89. The average molecular weight is 321 g/mol. The van der Waals surface area contributed by atoms with Crippen LogP contribution in [0.4, 0.5) is 5.95 Å².